The van der Waals surface area contributed by atoms with Crippen LogP contribution in [0.5, 0.6) is 0 Å². The first-order valence-electron chi connectivity index (χ1n) is 8.89. The number of rotatable bonds is 5. The molecular weight excluding hydrogens is 288 g/mol. The smallest absolute Gasteiger partial charge is 0.224 e. The summed E-state index contributed by atoms with van der Waals surface area (Å²) in [5.74, 6) is 0.111. The van der Waals surface area contributed by atoms with Crippen LogP contribution in [0.3, 0.4) is 0 Å². The molecule has 0 bridgehead atoms. The van der Waals surface area contributed by atoms with Gasteiger partial charge in [0.1, 0.15) is 0 Å². The van der Waals surface area contributed by atoms with Crippen molar-refractivity contribution in [2.75, 3.05) is 12.3 Å². The average molecular weight is 316 g/mol. The summed E-state index contributed by atoms with van der Waals surface area (Å²) in [5, 5.41) is 3.28. The highest BCUT2D eigenvalue weighted by molar-refractivity contribution is 5.79. The van der Waals surface area contributed by atoms with Crippen molar-refractivity contribution in [1.29, 1.82) is 0 Å². The first kappa shape index (κ1) is 16.3. The van der Waals surface area contributed by atoms with Gasteiger partial charge in [-0.15, -0.1) is 0 Å². The molecule has 1 aromatic carbocycles. The summed E-state index contributed by atoms with van der Waals surface area (Å²) in [5.41, 5.74) is 7.62. The number of anilines is 1. The number of benzene rings is 1. The molecule has 2 fully saturated rings. The molecule has 3 rings (SSSR count). The summed E-state index contributed by atoms with van der Waals surface area (Å²) in [4.78, 5) is 12.4. The Kier molecular flexibility index (Phi) is 4.90. The number of hydrogen-bond acceptors (Lipinski definition) is 3. The van der Waals surface area contributed by atoms with Gasteiger partial charge in [0.15, 0.2) is 0 Å². The minimum Gasteiger partial charge on any atom is -0.399 e. The van der Waals surface area contributed by atoms with Crippen LogP contribution in [0.15, 0.2) is 24.3 Å². The molecule has 2 aliphatic carbocycles. The molecule has 0 heterocycles. The van der Waals surface area contributed by atoms with E-state index in [-0.39, 0.29) is 17.4 Å². The lowest BCUT2D eigenvalue weighted by Crippen LogP contribution is -2.65. The van der Waals surface area contributed by atoms with Crippen LogP contribution in [0, 0.1) is 5.41 Å². The maximum atomic E-state index is 12.4. The molecule has 0 aliphatic heterocycles. The van der Waals surface area contributed by atoms with Crippen LogP contribution < -0.4 is 11.1 Å². The minimum atomic E-state index is 0.111. The van der Waals surface area contributed by atoms with Crippen molar-refractivity contribution in [3.05, 3.63) is 29.8 Å². The lowest BCUT2D eigenvalue weighted by Gasteiger charge is -2.57. The summed E-state index contributed by atoms with van der Waals surface area (Å²) in [6.07, 6.45) is 7.91. The third kappa shape index (κ3) is 3.37. The van der Waals surface area contributed by atoms with E-state index in [4.69, 9.17) is 10.5 Å². The van der Waals surface area contributed by atoms with E-state index in [0.29, 0.717) is 12.5 Å². The number of hydrogen-bond donors (Lipinski definition) is 2. The van der Waals surface area contributed by atoms with E-state index < -0.39 is 0 Å². The summed E-state index contributed by atoms with van der Waals surface area (Å²) in [6, 6.07) is 7.82. The molecule has 2 unspecified atom stereocenters. The van der Waals surface area contributed by atoms with Gasteiger partial charge in [-0.3, -0.25) is 4.79 Å². The van der Waals surface area contributed by atoms with Crippen molar-refractivity contribution in [1.82, 2.24) is 5.32 Å². The Bertz CT molecular complexity index is 535. The van der Waals surface area contributed by atoms with Crippen LogP contribution in [-0.2, 0) is 16.0 Å². The molecule has 1 aromatic rings. The van der Waals surface area contributed by atoms with E-state index in [0.717, 1.165) is 24.3 Å². The van der Waals surface area contributed by atoms with Crippen LogP contribution >= 0.6 is 0 Å². The molecule has 0 saturated heterocycles. The number of nitrogens with one attached hydrogen (secondary N) is 1. The Balaban J connectivity index is 1.60. The van der Waals surface area contributed by atoms with Gasteiger partial charge in [-0.2, -0.15) is 0 Å². The van der Waals surface area contributed by atoms with Gasteiger partial charge in [0.05, 0.1) is 12.5 Å². The van der Waals surface area contributed by atoms with E-state index in [2.05, 4.69) is 12.2 Å². The molecule has 2 aliphatic rings. The molecule has 0 aromatic heterocycles. The van der Waals surface area contributed by atoms with E-state index in [1.807, 2.05) is 24.3 Å². The summed E-state index contributed by atoms with van der Waals surface area (Å²) < 4.78 is 5.95. The fraction of sp³-hybridized carbons (Fsp3) is 0.632. The molecule has 4 nitrogen and oxygen atoms in total. The molecule has 1 amide bonds. The van der Waals surface area contributed by atoms with Crippen molar-refractivity contribution in [2.24, 2.45) is 5.41 Å². The summed E-state index contributed by atoms with van der Waals surface area (Å²) >= 11 is 0. The number of nitrogen functional groups attached to an aromatic ring is 1. The van der Waals surface area contributed by atoms with E-state index in [9.17, 15) is 4.79 Å². The topological polar surface area (TPSA) is 64.3 Å². The maximum absolute atomic E-state index is 12.4. The third-order valence-electron chi connectivity index (χ3n) is 5.62. The van der Waals surface area contributed by atoms with E-state index in [1.54, 1.807) is 0 Å². The predicted molar refractivity (Wildman–Crippen MR) is 92.0 cm³/mol. The first-order valence-corrected chi connectivity index (χ1v) is 8.89. The fourth-order valence-corrected chi connectivity index (χ4v) is 4.33. The van der Waals surface area contributed by atoms with Crippen LogP contribution in [0.1, 0.15) is 51.0 Å². The summed E-state index contributed by atoms with van der Waals surface area (Å²) in [6.45, 7) is 2.82. The van der Waals surface area contributed by atoms with Gasteiger partial charge in [-0.05, 0) is 43.9 Å². The van der Waals surface area contributed by atoms with Gasteiger partial charge in [0, 0.05) is 23.8 Å². The van der Waals surface area contributed by atoms with Crippen molar-refractivity contribution in [3.63, 3.8) is 0 Å². The summed E-state index contributed by atoms with van der Waals surface area (Å²) in [7, 11) is 0. The van der Waals surface area contributed by atoms with Crippen molar-refractivity contribution in [3.8, 4) is 0 Å². The normalized spacial score (nSPS) is 25.8. The van der Waals surface area contributed by atoms with Crippen molar-refractivity contribution in [2.45, 2.75) is 64.0 Å². The first-order chi connectivity index (χ1) is 11.1. The zero-order valence-corrected chi connectivity index (χ0v) is 14.0. The highest BCUT2D eigenvalue weighted by atomic mass is 16.5. The van der Waals surface area contributed by atoms with Gasteiger partial charge in [0.2, 0.25) is 5.91 Å². The second-order valence-electron chi connectivity index (χ2n) is 7.01. The predicted octanol–water partition coefficient (Wildman–Crippen LogP) is 3.06. The van der Waals surface area contributed by atoms with Crippen LogP contribution in [0.25, 0.3) is 0 Å². The van der Waals surface area contributed by atoms with Gasteiger partial charge in [-0.1, -0.05) is 31.4 Å². The SMILES string of the molecule is CCOC1CC(NC(=O)Cc2ccc(N)cc2)C12CCCCC2. The molecule has 126 valence electrons. The molecule has 0 radical (unpaired) electrons. The van der Waals surface area contributed by atoms with Crippen LogP contribution in [0.4, 0.5) is 5.69 Å². The quantitative estimate of drug-likeness (QED) is 0.821. The van der Waals surface area contributed by atoms with Gasteiger partial charge in [-0.25, -0.2) is 0 Å². The maximum Gasteiger partial charge on any atom is 0.224 e. The monoisotopic (exact) mass is 316 g/mol. The highest BCUT2D eigenvalue weighted by Gasteiger charge is 2.55. The molecule has 1 spiro atoms. The van der Waals surface area contributed by atoms with Gasteiger partial charge < -0.3 is 15.8 Å². The van der Waals surface area contributed by atoms with Gasteiger partial charge in [0.25, 0.3) is 0 Å². The molecule has 2 saturated carbocycles. The Morgan fingerprint density at radius 3 is 2.61 bits per heavy atom. The molecular formula is C19H28N2O2. The largest absolute Gasteiger partial charge is 0.399 e. The number of nitrogens with two attached hydrogens (primary N) is 1. The molecule has 3 N–H and O–H groups in total. The Morgan fingerprint density at radius 2 is 1.96 bits per heavy atom. The van der Waals surface area contributed by atoms with Crippen molar-refractivity contribution < 1.29 is 9.53 Å². The average Bonchev–Trinajstić information content (AvgIpc) is 2.57. The second kappa shape index (κ2) is 6.91. The van der Waals surface area contributed by atoms with Crippen LogP contribution in [-0.4, -0.2) is 24.7 Å². The number of ether oxygens (including phenoxy) is 1. The molecule has 23 heavy (non-hydrogen) atoms. The molecule has 4 heteroatoms. The number of carbonyl (C=O) groups is 1. The van der Waals surface area contributed by atoms with Gasteiger partial charge >= 0.3 is 0 Å². The van der Waals surface area contributed by atoms with Crippen molar-refractivity contribution >= 4 is 11.6 Å². The second-order valence-corrected chi connectivity index (χ2v) is 7.01. The highest BCUT2D eigenvalue weighted by Crippen LogP contribution is 2.53. The number of carbonyl (C=O) groups excluding carboxylic acids is 1. The Morgan fingerprint density at radius 1 is 1.26 bits per heavy atom. The minimum absolute atomic E-state index is 0.111. The van der Waals surface area contributed by atoms with Crippen LogP contribution in [0.2, 0.25) is 0 Å². The third-order valence-corrected chi connectivity index (χ3v) is 5.62. The van der Waals surface area contributed by atoms with E-state index >= 15 is 0 Å². The zero-order chi connectivity index (χ0) is 16.3. The lowest BCUT2D eigenvalue weighted by atomic mass is 9.55. The lowest BCUT2D eigenvalue weighted by molar-refractivity contribution is -0.156. The standard InChI is InChI=1S/C19H28N2O2/c1-2-23-17-13-16(19(17)10-4-3-5-11-19)21-18(22)12-14-6-8-15(20)9-7-14/h6-9,16-17H,2-5,10-13,20H2,1H3,(H,21,22). The Hall–Kier alpha value is -1.55. The molecule has 2 atom stereocenters. The zero-order valence-electron chi connectivity index (χ0n) is 14.0. The Labute approximate surface area is 138 Å². The fourth-order valence-electron chi connectivity index (χ4n) is 4.33. The van der Waals surface area contributed by atoms with E-state index in [1.165, 1.54) is 32.1 Å². The number of amides is 1.